The molecule has 2 fully saturated rings. The molecule has 1 saturated carbocycles. The molecule has 0 bridgehead atoms. The van der Waals surface area contributed by atoms with Crippen molar-refractivity contribution in [3.8, 4) is 0 Å². The van der Waals surface area contributed by atoms with Gasteiger partial charge in [-0.25, -0.2) is 4.99 Å². The number of nitrogens with one attached hydrogen (secondary N) is 2. The summed E-state index contributed by atoms with van der Waals surface area (Å²) < 4.78 is 1.13. The minimum atomic E-state index is 0.545. The number of hydrogen-bond acceptors (Lipinski definition) is 2. The Bertz CT molecular complexity index is 575. The van der Waals surface area contributed by atoms with Crippen LogP contribution in [-0.2, 0) is 6.54 Å². The fourth-order valence-electron chi connectivity index (χ4n) is 3.36. The van der Waals surface area contributed by atoms with Gasteiger partial charge >= 0.3 is 0 Å². The van der Waals surface area contributed by atoms with E-state index in [4.69, 9.17) is 4.99 Å². The van der Waals surface area contributed by atoms with E-state index in [0.717, 1.165) is 29.6 Å². The number of aliphatic imine (C=N–C) groups is 1. The Morgan fingerprint density at radius 3 is 2.62 bits per heavy atom. The maximum absolute atomic E-state index is 4.80. The first-order chi connectivity index (χ1) is 11.7. The molecule has 0 amide bonds. The normalized spacial score (nSPS) is 20.2. The van der Waals surface area contributed by atoms with Crippen molar-refractivity contribution in [2.75, 3.05) is 19.6 Å². The molecular formula is C19H29BrN4. The van der Waals surface area contributed by atoms with Crippen molar-refractivity contribution in [2.45, 2.75) is 58.2 Å². The molecule has 2 N–H and O–H groups in total. The van der Waals surface area contributed by atoms with E-state index in [0.29, 0.717) is 6.04 Å². The van der Waals surface area contributed by atoms with Crippen LogP contribution in [0.3, 0.4) is 0 Å². The summed E-state index contributed by atoms with van der Waals surface area (Å²) in [5.41, 5.74) is 2.56. The van der Waals surface area contributed by atoms with E-state index in [1.165, 1.54) is 49.9 Å². The third-order valence-corrected chi connectivity index (χ3v) is 5.48. The van der Waals surface area contributed by atoms with E-state index >= 15 is 0 Å². The molecular weight excluding hydrogens is 364 g/mol. The van der Waals surface area contributed by atoms with Crippen LogP contribution in [0.4, 0.5) is 0 Å². The number of guanidine groups is 1. The molecule has 0 atom stereocenters. The van der Waals surface area contributed by atoms with Crippen molar-refractivity contribution in [2.24, 2.45) is 4.99 Å². The number of likely N-dealkylation sites (tertiary alicyclic amines) is 1. The van der Waals surface area contributed by atoms with Crippen LogP contribution in [0.15, 0.2) is 27.7 Å². The molecule has 4 nitrogen and oxygen atoms in total. The summed E-state index contributed by atoms with van der Waals surface area (Å²) in [6.07, 6.45) is 5.26. The van der Waals surface area contributed by atoms with E-state index in [-0.39, 0.29) is 0 Å². The van der Waals surface area contributed by atoms with Gasteiger partial charge in [0.15, 0.2) is 5.96 Å². The average molecular weight is 393 g/mol. The van der Waals surface area contributed by atoms with Gasteiger partial charge in [-0.15, -0.1) is 0 Å². The predicted octanol–water partition coefficient (Wildman–Crippen LogP) is 3.44. The number of nitrogens with zero attached hydrogens (tertiary/aromatic N) is 2. The van der Waals surface area contributed by atoms with Crippen LogP contribution in [0.25, 0.3) is 0 Å². The summed E-state index contributed by atoms with van der Waals surface area (Å²) in [5, 5.41) is 7.03. The monoisotopic (exact) mass is 392 g/mol. The largest absolute Gasteiger partial charge is 0.357 e. The van der Waals surface area contributed by atoms with Crippen molar-refractivity contribution >= 4 is 21.9 Å². The number of benzene rings is 1. The number of halogens is 1. The van der Waals surface area contributed by atoms with Gasteiger partial charge in [0.25, 0.3) is 0 Å². The zero-order chi connectivity index (χ0) is 16.9. The Balaban J connectivity index is 1.55. The SMILES string of the molecule is CCNC(=NCc1ccc(Br)cc1C)NC1CCN(C2CC2)CC1. The van der Waals surface area contributed by atoms with Gasteiger partial charge < -0.3 is 15.5 Å². The zero-order valence-corrected chi connectivity index (χ0v) is 16.4. The number of piperidine rings is 1. The molecule has 0 radical (unpaired) electrons. The van der Waals surface area contributed by atoms with Crippen LogP contribution in [0.5, 0.6) is 0 Å². The third kappa shape index (κ3) is 4.96. The van der Waals surface area contributed by atoms with Gasteiger partial charge in [-0.3, -0.25) is 0 Å². The summed E-state index contributed by atoms with van der Waals surface area (Å²) in [6, 6.07) is 7.84. The first-order valence-corrected chi connectivity index (χ1v) is 9.99. The molecule has 1 aliphatic carbocycles. The molecule has 24 heavy (non-hydrogen) atoms. The summed E-state index contributed by atoms with van der Waals surface area (Å²) in [4.78, 5) is 7.46. The van der Waals surface area contributed by atoms with Crippen LogP contribution >= 0.6 is 15.9 Å². The van der Waals surface area contributed by atoms with E-state index in [1.807, 2.05) is 0 Å². The first kappa shape index (κ1) is 17.7. The Labute approximate surface area is 154 Å². The highest BCUT2D eigenvalue weighted by molar-refractivity contribution is 9.10. The van der Waals surface area contributed by atoms with Crippen LogP contribution < -0.4 is 10.6 Å². The second-order valence-corrected chi connectivity index (χ2v) is 7.87. The molecule has 1 aliphatic heterocycles. The van der Waals surface area contributed by atoms with E-state index in [9.17, 15) is 0 Å². The lowest BCUT2D eigenvalue weighted by atomic mass is 10.1. The fraction of sp³-hybridized carbons (Fsp3) is 0.632. The highest BCUT2D eigenvalue weighted by Crippen LogP contribution is 2.29. The van der Waals surface area contributed by atoms with Gasteiger partial charge in [-0.05, 0) is 62.8 Å². The molecule has 0 unspecified atom stereocenters. The molecule has 5 heteroatoms. The molecule has 1 heterocycles. The summed E-state index contributed by atoms with van der Waals surface area (Å²) in [5.74, 6) is 0.949. The van der Waals surface area contributed by atoms with Crippen LogP contribution in [0, 0.1) is 6.92 Å². The van der Waals surface area contributed by atoms with Crippen LogP contribution in [0.1, 0.15) is 43.7 Å². The summed E-state index contributed by atoms with van der Waals surface area (Å²) in [6.45, 7) is 8.34. The van der Waals surface area contributed by atoms with Crippen molar-refractivity contribution < 1.29 is 0 Å². The van der Waals surface area contributed by atoms with Crippen molar-refractivity contribution in [3.63, 3.8) is 0 Å². The van der Waals surface area contributed by atoms with Crippen LogP contribution in [0.2, 0.25) is 0 Å². The molecule has 1 aromatic rings. The van der Waals surface area contributed by atoms with Gasteiger partial charge in [0.2, 0.25) is 0 Å². The topological polar surface area (TPSA) is 39.7 Å². The number of rotatable bonds is 5. The minimum Gasteiger partial charge on any atom is -0.357 e. The smallest absolute Gasteiger partial charge is 0.191 e. The molecule has 2 aliphatic rings. The molecule has 1 aromatic carbocycles. The van der Waals surface area contributed by atoms with Gasteiger partial charge in [0, 0.05) is 36.2 Å². The second-order valence-electron chi connectivity index (χ2n) is 6.95. The Morgan fingerprint density at radius 1 is 1.25 bits per heavy atom. The van der Waals surface area contributed by atoms with Crippen molar-refractivity contribution in [3.05, 3.63) is 33.8 Å². The highest BCUT2D eigenvalue weighted by atomic mass is 79.9. The highest BCUT2D eigenvalue weighted by Gasteiger charge is 2.31. The fourth-order valence-corrected chi connectivity index (χ4v) is 3.84. The quantitative estimate of drug-likeness (QED) is 0.595. The van der Waals surface area contributed by atoms with E-state index in [1.54, 1.807) is 0 Å². The lowest BCUT2D eigenvalue weighted by molar-refractivity contribution is 0.197. The zero-order valence-electron chi connectivity index (χ0n) is 14.8. The van der Waals surface area contributed by atoms with Crippen LogP contribution in [-0.4, -0.2) is 42.6 Å². The van der Waals surface area contributed by atoms with E-state index in [2.05, 4.69) is 63.5 Å². The molecule has 0 spiro atoms. The summed E-state index contributed by atoms with van der Waals surface area (Å²) in [7, 11) is 0. The number of hydrogen-bond donors (Lipinski definition) is 2. The van der Waals surface area contributed by atoms with Crippen molar-refractivity contribution in [1.82, 2.24) is 15.5 Å². The Hall–Kier alpha value is -1.07. The van der Waals surface area contributed by atoms with Gasteiger partial charge in [0.05, 0.1) is 6.54 Å². The standard InChI is InChI=1S/C19H29BrN4/c1-3-21-19(22-13-15-4-5-16(20)12-14(15)2)23-17-8-10-24(11-9-17)18-6-7-18/h4-5,12,17-18H,3,6-11,13H2,1-2H3,(H2,21,22,23). The average Bonchev–Trinajstić information content (AvgIpc) is 3.40. The molecule has 3 rings (SSSR count). The van der Waals surface area contributed by atoms with Gasteiger partial charge in [0.1, 0.15) is 0 Å². The Morgan fingerprint density at radius 2 is 2.00 bits per heavy atom. The maximum Gasteiger partial charge on any atom is 0.191 e. The third-order valence-electron chi connectivity index (χ3n) is 4.99. The first-order valence-electron chi connectivity index (χ1n) is 9.19. The second kappa shape index (κ2) is 8.34. The minimum absolute atomic E-state index is 0.545. The van der Waals surface area contributed by atoms with Crippen molar-refractivity contribution in [1.29, 1.82) is 0 Å². The summed E-state index contributed by atoms with van der Waals surface area (Å²) >= 11 is 3.52. The van der Waals surface area contributed by atoms with Gasteiger partial charge in [-0.1, -0.05) is 22.0 Å². The maximum atomic E-state index is 4.80. The Kier molecular flexibility index (Phi) is 6.17. The van der Waals surface area contributed by atoms with Gasteiger partial charge in [-0.2, -0.15) is 0 Å². The molecule has 132 valence electrons. The predicted molar refractivity (Wildman–Crippen MR) is 104 cm³/mol. The molecule has 1 saturated heterocycles. The number of aryl methyl sites for hydroxylation is 1. The lowest BCUT2D eigenvalue weighted by Gasteiger charge is -2.33. The lowest BCUT2D eigenvalue weighted by Crippen LogP contribution is -2.49. The molecule has 0 aromatic heterocycles. The van der Waals surface area contributed by atoms with E-state index < -0.39 is 0 Å².